The summed E-state index contributed by atoms with van der Waals surface area (Å²) >= 11 is 0. The molecule has 84 valence electrons. The molecule has 1 atom stereocenters. The first kappa shape index (κ1) is 11.7. The van der Waals surface area contributed by atoms with Gasteiger partial charge in [0.15, 0.2) is 0 Å². The van der Waals surface area contributed by atoms with Crippen LogP contribution in [0, 0.1) is 0 Å². The van der Waals surface area contributed by atoms with E-state index >= 15 is 0 Å². The van der Waals surface area contributed by atoms with Crippen molar-refractivity contribution in [2.45, 2.75) is 32.0 Å². The number of hydrogen-bond donors (Lipinski definition) is 1. The molecule has 0 aromatic heterocycles. The van der Waals surface area contributed by atoms with Crippen molar-refractivity contribution in [2.75, 3.05) is 6.61 Å². The predicted molar refractivity (Wildman–Crippen MR) is 50.7 cm³/mol. The van der Waals surface area contributed by atoms with Gasteiger partial charge >= 0.3 is 17.7 Å². The zero-order valence-corrected chi connectivity index (χ0v) is 8.62. The van der Waals surface area contributed by atoms with Crippen LogP contribution in [0.15, 0.2) is 12.2 Å². The van der Waals surface area contributed by atoms with E-state index in [0.717, 1.165) is 0 Å². The maximum atomic E-state index is 11.3. The number of carbonyl (C=O) groups is 2. The average Bonchev–Trinajstić information content (AvgIpc) is 2.30. The normalized spacial score (nSPS) is 26.4. The molecule has 0 aliphatic carbocycles. The van der Waals surface area contributed by atoms with Crippen LogP contribution in [-0.4, -0.2) is 29.4 Å². The Morgan fingerprint density at radius 1 is 1.60 bits per heavy atom. The minimum absolute atomic E-state index is 0.0604. The van der Waals surface area contributed by atoms with Crippen LogP contribution in [0.25, 0.3) is 0 Å². The minimum atomic E-state index is -2.15. The molecule has 0 spiro atoms. The molecule has 1 heterocycles. The summed E-state index contributed by atoms with van der Waals surface area (Å²) in [4.78, 5) is 22.5. The summed E-state index contributed by atoms with van der Waals surface area (Å²) < 4.78 is 9.38. The molecule has 1 unspecified atom stereocenters. The summed E-state index contributed by atoms with van der Waals surface area (Å²) in [6, 6.07) is 0. The number of carbonyl (C=O) groups excluding carboxylic acids is 2. The molecule has 5 heteroatoms. The lowest BCUT2D eigenvalue weighted by atomic mass is 10.1. The third-order valence-corrected chi connectivity index (χ3v) is 2.07. The molecule has 0 saturated carbocycles. The van der Waals surface area contributed by atoms with Crippen LogP contribution in [0.5, 0.6) is 0 Å². The van der Waals surface area contributed by atoms with Gasteiger partial charge in [-0.2, -0.15) is 0 Å². The number of rotatable bonds is 2. The highest BCUT2D eigenvalue weighted by Gasteiger charge is 2.43. The lowest BCUT2D eigenvalue weighted by Gasteiger charge is -2.23. The van der Waals surface area contributed by atoms with Crippen molar-refractivity contribution in [3.8, 4) is 0 Å². The Morgan fingerprint density at radius 3 is 2.87 bits per heavy atom. The quantitative estimate of drug-likeness (QED) is 0.412. The smallest absolute Gasteiger partial charge is 0.379 e. The fourth-order valence-corrected chi connectivity index (χ4v) is 1.18. The topological polar surface area (TPSA) is 72.8 Å². The summed E-state index contributed by atoms with van der Waals surface area (Å²) in [7, 11) is 0. The fourth-order valence-electron chi connectivity index (χ4n) is 1.18. The van der Waals surface area contributed by atoms with Crippen LogP contribution in [-0.2, 0) is 19.1 Å². The second kappa shape index (κ2) is 4.44. The van der Waals surface area contributed by atoms with E-state index in [4.69, 9.17) is 4.74 Å². The van der Waals surface area contributed by atoms with Gasteiger partial charge in [-0.3, -0.25) is 0 Å². The van der Waals surface area contributed by atoms with Crippen molar-refractivity contribution in [1.82, 2.24) is 0 Å². The summed E-state index contributed by atoms with van der Waals surface area (Å²) in [5.74, 6) is -3.85. The van der Waals surface area contributed by atoms with E-state index in [2.05, 4.69) is 11.3 Å². The lowest BCUT2D eigenvalue weighted by molar-refractivity contribution is -0.223. The molecule has 0 amide bonds. The standard InChI is InChI=1S/C10H14O5/c1-7(2)8(11)15-10(13)5-3-4-6-14-9(10)12/h13H,1,3-6H2,2H3. The van der Waals surface area contributed by atoms with E-state index in [9.17, 15) is 14.7 Å². The van der Waals surface area contributed by atoms with Gasteiger partial charge in [-0.1, -0.05) is 6.58 Å². The van der Waals surface area contributed by atoms with Crippen molar-refractivity contribution in [2.24, 2.45) is 0 Å². The SMILES string of the molecule is C=C(C)C(=O)OC1(O)CCCCOC1=O. The minimum Gasteiger partial charge on any atom is -0.461 e. The third kappa shape index (κ3) is 2.79. The second-order valence-electron chi connectivity index (χ2n) is 3.55. The van der Waals surface area contributed by atoms with E-state index in [1.165, 1.54) is 6.92 Å². The molecule has 0 radical (unpaired) electrons. The van der Waals surface area contributed by atoms with Crippen molar-refractivity contribution in [1.29, 1.82) is 0 Å². The van der Waals surface area contributed by atoms with E-state index in [1.807, 2.05) is 0 Å². The Morgan fingerprint density at radius 2 is 2.27 bits per heavy atom. The molecule has 0 bridgehead atoms. The largest absolute Gasteiger partial charge is 0.461 e. The molecule has 0 aromatic carbocycles. The van der Waals surface area contributed by atoms with Crippen LogP contribution in [0.3, 0.4) is 0 Å². The van der Waals surface area contributed by atoms with E-state index in [0.29, 0.717) is 12.8 Å². The van der Waals surface area contributed by atoms with Gasteiger partial charge in [0, 0.05) is 12.0 Å². The van der Waals surface area contributed by atoms with Gasteiger partial charge < -0.3 is 14.6 Å². The van der Waals surface area contributed by atoms with E-state index < -0.39 is 17.7 Å². The highest BCUT2D eigenvalue weighted by atomic mass is 16.7. The fraction of sp³-hybridized carbons (Fsp3) is 0.600. The maximum absolute atomic E-state index is 11.3. The molecule has 5 nitrogen and oxygen atoms in total. The number of hydrogen-bond acceptors (Lipinski definition) is 5. The Hall–Kier alpha value is -1.36. The zero-order valence-electron chi connectivity index (χ0n) is 8.62. The highest BCUT2D eigenvalue weighted by Crippen LogP contribution is 2.22. The Kier molecular flexibility index (Phi) is 3.47. The first-order valence-corrected chi connectivity index (χ1v) is 4.74. The maximum Gasteiger partial charge on any atom is 0.379 e. The molecule has 1 saturated heterocycles. The van der Waals surface area contributed by atoms with Gasteiger partial charge in [0.1, 0.15) is 0 Å². The molecule has 0 aromatic rings. The predicted octanol–water partition coefficient (Wildman–Crippen LogP) is 0.521. The van der Waals surface area contributed by atoms with Crippen molar-refractivity contribution >= 4 is 11.9 Å². The van der Waals surface area contributed by atoms with Gasteiger partial charge in [-0.15, -0.1) is 0 Å². The molecule has 15 heavy (non-hydrogen) atoms. The molecular weight excluding hydrogens is 200 g/mol. The first-order valence-electron chi connectivity index (χ1n) is 4.74. The van der Waals surface area contributed by atoms with Crippen LogP contribution >= 0.6 is 0 Å². The van der Waals surface area contributed by atoms with E-state index in [-0.39, 0.29) is 18.6 Å². The number of ether oxygens (including phenoxy) is 2. The van der Waals surface area contributed by atoms with Gasteiger partial charge in [0.05, 0.1) is 6.61 Å². The summed E-state index contributed by atoms with van der Waals surface area (Å²) in [5.41, 5.74) is 0.125. The van der Waals surface area contributed by atoms with Crippen LogP contribution < -0.4 is 0 Å². The van der Waals surface area contributed by atoms with Gasteiger partial charge in [-0.05, 0) is 19.8 Å². The number of aliphatic hydroxyl groups is 1. The van der Waals surface area contributed by atoms with Gasteiger partial charge in [0.25, 0.3) is 0 Å². The van der Waals surface area contributed by atoms with E-state index in [1.54, 1.807) is 0 Å². The molecular formula is C10H14O5. The molecule has 1 aliphatic heterocycles. The van der Waals surface area contributed by atoms with Gasteiger partial charge in [-0.25, -0.2) is 9.59 Å². The average molecular weight is 214 g/mol. The highest BCUT2D eigenvalue weighted by molar-refractivity contribution is 5.90. The number of cyclic esters (lactones) is 1. The summed E-state index contributed by atoms with van der Waals surface area (Å²) in [6.45, 7) is 5.04. The summed E-state index contributed by atoms with van der Waals surface area (Å²) in [5, 5.41) is 9.78. The lowest BCUT2D eigenvalue weighted by Crippen LogP contribution is -2.43. The number of esters is 2. The Labute approximate surface area is 87.7 Å². The van der Waals surface area contributed by atoms with Crippen LogP contribution in [0.4, 0.5) is 0 Å². The van der Waals surface area contributed by atoms with Crippen LogP contribution in [0.2, 0.25) is 0 Å². The Bertz CT molecular complexity index is 296. The van der Waals surface area contributed by atoms with Crippen molar-refractivity contribution in [3.05, 3.63) is 12.2 Å². The molecule has 1 aliphatic rings. The third-order valence-electron chi connectivity index (χ3n) is 2.07. The van der Waals surface area contributed by atoms with Crippen LogP contribution in [0.1, 0.15) is 26.2 Å². The van der Waals surface area contributed by atoms with Crippen molar-refractivity contribution < 1.29 is 24.2 Å². The summed E-state index contributed by atoms with van der Waals surface area (Å²) in [6.07, 6.45) is 1.27. The van der Waals surface area contributed by atoms with Gasteiger partial charge in [0.2, 0.25) is 0 Å². The molecule has 1 fully saturated rings. The Balaban J connectivity index is 2.74. The monoisotopic (exact) mass is 214 g/mol. The van der Waals surface area contributed by atoms with Crippen molar-refractivity contribution in [3.63, 3.8) is 0 Å². The molecule has 1 N–H and O–H groups in total. The second-order valence-corrected chi connectivity index (χ2v) is 3.55. The first-order chi connectivity index (χ1) is 6.96. The molecule has 1 rings (SSSR count). The zero-order chi connectivity index (χ0) is 11.5.